The van der Waals surface area contributed by atoms with Crippen molar-refractivity contribution in [2.24, 2.45) is 5.10 Å². The molecular weight excluding hydrogens is 320 g/mol. The van der Waals surface area contributed by atoms with Crippen LogP contribution in [0.4, 0.5) is 0 Å². The van der Waals surface area contributed by atoms with Crippen molar-refractivity contribution in [1.29, 1.82) is 5.26 Å². The Morgan fingerprint density at radius 1 is 1.33 bits per heavy atom. The van der Waals surface area contributed by atoms with Gasteiger partial charge < -0.3 is 0 Å². The molecule has 0 saturated heterocycles. The highest BCUT2D eigenvalue weighted by molar-refractivity contribution is 7.18. The van der Waals surface area contributed by atoms with E-state index in [4.69, 9.17) is 5.26 Å². The molecule has 6 heteroatoms. The van der Waals surface area contributed by atoms with Crippen LogP contribution in [-0.4, -0.2) is 15.9 Å². The molecular formula is C18H14N4OS. The third-order valence-electron chi connectivity index (χ3n) is 4.24. The van der Waals surface area contributed by atoms with Crippen LogP contribution in [0.2, 0.25) is 0 Å². The first-order valence-electron chi connectivity index (χ1n) is 7.76. The molecule has 0 saturated carbocycles. The summed E-state index contributed by atoms with van der Waals surface area (Å²) in [6.07, 6.45) is 4.73. The Balaban J connectivity index is 1.80. The maximum absolute atomic E-state index is 12.9. The number of aryl methyl sites for hydroxylation is 3. The summed E-state index contributed by atoms with van der Waals surface area (Å²) in [4.78, 5) is 19.5. The van der Waals surface area contributed by atoms with Crippen molar-refractivity contribution in [2.75, 3.05) is 0 Å². The Morgan fingerprint density at radius 2 is 2.12 bits per heavy atom. The molecule has 0 atom stereocenters. The van der Waals surface area contributed by atoms with Gasteiger partial charge in [-0.05, 0) is 49.4 Å². The lowest BCUT2D eigenvalue weighted by Crippen LogP contribution is -2.20. The Kier molecular flexibility index (Phi) is 3.51. The van der Waals surface area contributed by atoms with Crippen molar-refractivity contribution in [3.05, 3.63) is 62.0 Å². The number of hydrogen-bond donors (Lipinski definition) is 0. The maximum Gasteiger partial charge on any atom is 0.283 e. The normalized spacial score (nSPS) is 13.5. The second-order valence-corrected chi connectivity index (χ2v) is 6.88. The number of nitrogens with zero attached hydrogens (tertiary/aromatic N) is 4. The summed E-state index contributed by atoms with van der Waals surface area (Å²) in [5, 5.41) is 13.9. The maximum atomic E-state index is 12.9. The van der Waals surface area contributed by atoms with E-state index in [-0.39, 0.29) is 5.56 Å². The molecule has 4 rings (SSSR count). The van der Waals surface area contributed by atoms with Gasteiger partial charge in [-0.2, -0.15) is 15.0 Å². The van der Waals surface area contributed by atoms with E-state index in [2.05, 4.69) is 16.2 Å². The first kappa shape index (κ1) is 14.8. The number of thiophene rings is 1. The lowest BCUT2D eigenvalue weighted by Gasteiger charge is -2.04. The van der Waals surface area contributed by atoms with Crippen molar-refractivity contribution < 1.29 is 0 Å². The highest BCUT2D eigenvalue weighted by atomic mass is 32.1. The number of hydrogen-bond acceptors (Lipinski definition) is 5. The van der Waals surface area contributed by atoms with Gasteiger partial charge in [0.1, 0.15) is 10.7 Å². The van der Waals surface area contributed by atoms with E-state index in [1.165, 1.54) is 9.55 Å². The molecule has 118 valence electrons. The minimum atomic E-state index is -0.0956. The standard InChI is InChI=1S/C18H14N4OS/c1-11-21-17-16(14-3-2-4-15(14)24-17)18(23)22(11)20-10-13-7-5-12(9-19)6-8-13/h5-8,10H,2-4H2,1H3/b20-10+. The quantitative estimate of drug-likeness (QED) is 0.676. The van der Waals surface area contributed by atoms with Crippen molar-refractivity contribution in [3.63, 3.8) is 0 Å². The SMILES string of the molecule is Cc1nc2sc3c(c2c(=O)n1/N=C/c1ccc(C#N)cc1)CCC3. The Hall–Kier alpha value is -2.78. The third kappa shape index (κ3) is 2.34. The molecule has 0 unspecified atom stereocenters. The van der Waals surface area contributed by atoms with Crippen LogP contribution in [0, 0.1) is 18.3 Å². The van der Waals surface area contributed by atoms with E-state index < -0.39 is 0 Å². The molecule has 1 aliphatic rings. The summed E-state index contributed by atoms with van der Waals surface area (Å²) in [6.45, 7) is 1.79. The van der Waals surface area contributed by atoms with Gasteiger partial charge in [0.15, 0.2) is 0 Å². The molecule has 0 spiro atoms. The predicted octanol–water partition coefficient (Wildman–Crippen LogP) is 3.01. The summed E-state index contributed by atoms with van der Waals surface area (Å²) >= 11 is 1.64. The highest BCUT2D eigenvalue weighted by Crippen LogP contribution is 2.34. The average Bonchev–Trinajstić information content (AvgIpc) is 3.15. The first-order chi connectivity index (χ1) is 11.7. The van der Waals surface area contributed by atoms with Gasteiger partial charge >= 0.3 is 0 Å². The Morgan fingerprint density at radius 3 is 2.88 bits per heavy atom. The number of benzene rings is 1. The molecule has 0 bridgehead atoms. The van der Waals surface area contributed by atoms with Crippen LogP contribution in [0.25, 0.3) is 10.2 Å². The minimum Gasteiger partial charge on any atom is -0.267 e. The molecule has 0 radical (unpaired) electrons. The van der Waals surface area contributed by atoms with Crippen molar-refractivity contribution >= 4 is 27.8 Å². The number of rotatable bonds is 2. The van der Waals surface area contributed by atoms with E-state index in [1.807, 2.05) is 0 Å². The highest BCUT2D eigenvalue weighted by Gasteiger charge is 2.22. The van der Waals surface area contributed by atoms with E-state index in [9.17, 15) is 4.79 Å². The van der Waals surface area contributed by atoms with Gasteiger partial charge in [-0.1, -0.05) is 12.1 Å². The zero-order chi connectivity index (χ0) is 16.7. The molecule has 2 aromatic heterocycles. The monoisotopic (exact) mass is 334 g/mol. The lowest BCUT2D eigenvalue weighted by molar-refractivity contribution is 0.771. The molecule has 0 fully saturated rings. The van der Waals surface area contributed by atoms with E-state index in [0.29, 0.717) is 11.4 Å². The largest absolute Gasteiger partial charge is 0.283 e. The van der Waals surface area contributed by atoms with E-state index in [1.54, 1.807) is 48.7 Å². The summed E-state index contributed by atoms with van der Waals surface area (Å²) in [7, 11) is 0. The molecule has 0 aliphatic heterocycles. The number of nitriles is 1. The number of aromatic nitrogens is 2. The zero-order valence-corrected chi connectivity index (χ0v) is 13.9. The fraction of sp³-hybridized carbons (Fsp3) is 0.222. The summed E-state index contributed by atoms with van der Waals surface area (Å²) in [5.41, 5.74) is 2.49. The van der Waals surface area contributed by atoms with Gasteiger partial charge in [0, 0.05) is 4.88 Å². The zero-order valence-electron chi connectivity index (χ0n) is 13.1. The molecule has 0 N–H and O–H groups in total. The average molecular weight is 334 g/mol. The van der Waals surface area contributed by atoms with Crippen molar-refractivity contribution in [2.45, 2.75) is 26.2 Å². The van der Waals surface area contributed by atoms with Crippen LogP contribution >= 0.6 is 11.3 Å². The lowest BCUT2D eigenvalue weighted by atomic mass is 10.2. The second-order valence-electron chi connectivity index (χ2n) is 5.79. The first-order valence-corrected chi connectivity index (χ1v) is 8.57. The fourth-order valence-corrected chi connectivity index (χ4v) is 4.34. The van der Waals surface area contributed by atoms with Gasteiger partial charge in [-0.15, -0.1) is 11.3 Å². The fourth-order valence-electron chi connectivity index (χ4n) is 3.04. The second kappa shape index (κ2) is 5.69. The molecule has 2 heterocycles. The Labute approximate surface area is 142 Å². The van der Waals surface area contributed by atoms with Crippen LogP contribution in [0.5, 0.6) is 0 Å². The van der Waals surface area contributed by atoms with Gasteiger partial charge in [-0.25, -0.2) is 4.98 Å². The van der Waals surface area contributed by atoms with Gasteiger partial charge in [0.2, 0.25) is 0 Å². The van der Waals surface area contributed by atoms with Crippen molar-refractivity contribution in [3.8, 4) is 6.07 Å². The summed E-state index contributed by atoms with van der Waals surface area (Å²) in [5.74, 6) is 0.581. The van der Waals surface area contributed by atoms with Crippen molar-refractivity contribution in [1.82, 2.24) is 9.66 Å². The molecule has 5 nitrogen and oxygen atoms in total. The van der Waals surface area contributed by atoms with Gasteiger partial charge in [-0.3, -0.25) is 4.79 Å². The molecule has 0 amide bonds. The molecule has 3 aromatic rings. The van der Waals surface area contributed by atoms with Crippen LogP contribution in [0.1, 0.15) is 33.8 Å². The molecule has 1 aliphatic carbocycles. The predicted molar refractivity (Wildman–Crippen MR) is 94.8 cm³/mol. The van der Waals surface area contributed by atoms with Crippen LogP contribution in [-0.2, 0) is 12.8 Å². The summed E-state index contributed by atoms with van der Waals surface area (Å²) < 4.78 is 1.37. The molecule has 24 heavy (non-hydrogen) atoms. The van der Waals surface area contributed by atoms with Crippen LogP contribution < -0.4 is 5.56 Å². The van der Waals surface area contributed by atoms with E-state index >= 15 is 0 Å². The Bertz CT molecular complexity index is 1070. The van der Waals surface area contributed by atoms with Gasteiger partial charge in [0.25, 0.3) is 5.56 Å². The topological polar surface area (TPSA) is 71.0 Å². The molecule has 1 aromatic carbocycles. The van der Waals surface area contributed by atoms with E-state index in [0.717, 1.165) is 40.6 Å². The summed E-state index contributed by atoms with van der Waals surface area (Å²) in [6, 6.07) is 9.14. The van der Waals surface area contributed by atoms with Crippen LogP contribution in [0.3, 0.4) is 0 Å². The van der Waals surface area contributed by atoms with Gasteiger partial charge in [0.05, 0.1) is 23.2 Å². The smallest absolute Gasteiger partial charge is 0.267 e. The minimum absolute atomic E-state index is 0.0956. The third-order valence-corrected chi connectivity index (χ3v) is 5.43. The van der Waals surface area contributed by atoms with Crippen LogP contribution in [0.15, 0.2) is 34.2 Å². The number of fused-ring (bicyclic) bond motifs is 3.